The molecule has 0 bridgehead atoms. The van der Waals surface area contributed by atoms with Crippen molar-refractivity contribution in [2.45, 2.75) is 45.6 Å². The highest BCUT2D eigenvalue weighted by Crippen LogP contribution is 2.32. The predicted octanol–water partition coefficient (Wildman–Crippen LogP) is 5.34. The van der Waals surface area contributed by atoms with E-state index in [1.807, 2.05) is 44.4 Å². The number of nitrogens with zero attached hydrogens (tertiary/aromatic N) is 3. The molecule has 3 aromatic rings. The molecule has 0 saturated heterocycles. The van der Waals surface area contributed by atoms with Crippen LogP contribution in [-0.2, 0) is 10.5 Å². The fourth-order valence-corrected chi connectivity index (χ4v) is 4.19. The van der Waals surface area contributed by atoms with Crippen molar-refractivity contribution >= 4 is 39.8 Å². The van der Waals surface area contributed by atoms with E-state index in [-0.39, 0.29) is 5.91 Å². The first-order chi connectivity index (χ1) is 12.3. The van der Waals surface area contributed by atoms with Crippen molar-refractivity contribution < 1.29 is 9.21 Å². The van der Waals surface area contributed by atoms with Crippen molar-refractivity contribution in [2.75, 3.05) is 4.90 Å². The third-order valence-corrected chi connectivity index (χ3v) is 5.88. The van der Waals surface area contributed by atoms with Gasteiger partial charge in [-0.2, -0.15) is 0 Å². The second-order valence-corrected chi connectivity index (χ2v) is 7.92. The Balaban J connectivity index is 1.79. The molecule has 2 aromatic heterocycles. The lowest BCUT2D eigenvalue weighted by molar-refractivity contribution is -0.115. The minimum Gasteiger partial charge on any atom is -0.437 e. The van der Waals surface area contributed by atoms with E-state index in [0.717, 1.165) is 28.4 Å². The normalized spacial score (nSPS) is 11.0. The van der Waals surface area contributed by atoms with Crippen LogP contribution in [0.25, 0.3) is 0 Å². The Morgan fingerprint density at radius 2 is 1.96 bits per heavy atom. The lowest BCUT2D eigenvalue weighted by atomic mass is 10.1. The summed E-state index contributed by atoms with van der Waals surface area (Å²) in [4.78, 5) is 22.9. The van der Waals surface area contributed by atoms with Crippen LogP contribution in [0.3, 0.4) is 0 Å². The molecule has 0 fully saturated rings. The van der Waals surface area contributed by atoms with Gasteiger partial charge in [-0.1, -0.05) is 17.8 Å². The summed E-state index contributed by atoms with van der Waals surface area (Å²) in [7, 11) is 0. The Morgan fingerprint density at radius 3 is 2.58 bits per heavy atom. The molecule has 0 N–H and O–H groups in total. The van der Waals surface area contributed by atoms with E-state index in [4.69, 9.17) is 4.42 Å². The van der Waals surface area contributed by atoms with E-state index < -0.39 is 0 Å². The quantitative estimate of drug-likeness (QED) is 0.553. The number of benzene rings is 1. The molecular formula is C19H21N3O2S2. The molecule has 136 valence electrons. The average molecular weight is 388 g/mol. The molecular weight excluding hydrogens is 366 g/mol. The van der Waals surface area contributed by atoms with Gasteiger partial charge < -0.3 is 4.42 Å². The standard InChI is InChI=1S/C19H21N3O2S2/c1-11-6-7-17(8-12(11)2)22(15(5)23)18-21-16(9-25-18)10-26-19-20-13(3)14(4)24-19/h6-9H,10H2,1-5H3. The summed E-state index contributed by atoms with van der Waals surface area (Å²) < 4.78 is 5.59. The van der Waals surface area contributed by atoms with Crippen LogP contribution in [0.2, 0.25) is 0 Å². The number of thiazole rings is 1. The van der Waals surface area contributed by atoms with Crippen LogP contribution in [0.4, 0.5) is 10.8 Å². The third-order valence-electron chi connectivity index (χ3n) is 4.15. The number of aryl methyl sites for hydroxylation is 4. The van der Waals surface area contributed by atoms with E-state index in [9.17, 15) is 4.79 Å². The molecule has 5 nitrogen and oxygen atoms in total. The lowest BCUT2D eigenvalue weighted by Crippen LogP contribution is -2.22. The van der Waals surface area contributed by atoms with Gasteiger partial charge in [0.25, 0.3) is 5.22 Å². The summed E-state index contributed by atoms with van der Waals surface area (Å²) in [5.41, 5.74) is 5.00. The van der Waals surface area contributed by atoms with Crippen LogP contribution in [0.5, 0.6) is 0 Å². The summed E-state index contributed by atoms with van der Waals surface area (Å²) in [6.45, 7) is 9.49. The molecule has 3 rings (SSSR count). The molecule has 0 saturated carbocycles. The Kier molecular flexibility index (Phi) is 5.48. The minimum atomic E-state index is -0.0549. The maximum atomic E-state index is 12.2. The zero-order valence-electron chi connectivity index (χ0n) is 15.5. The third kappa shape index (κ3) is 3.99. The molecule has 7 heteroatoms. The Bertz CT molecular complexity index is 927. The van der Waals surface area contributed by atoms with Gasteiger partial charge in [-0.25, -0.2) is 9.97 Å². The number of aromatic nitrogens is 2. The van der Waals surface area contributed by atoms with E-state index in [2.05, 4.69) is 16.9 Å². The topological polar surface area (TPSA) is 59.2 Å². The summed E-state index contributed by atoms with van der Waals surface area (Å²) in [6, 6.07) is 6.00. The number of rotatable bonds is 5. The van der Waals surface area contributed by atoms with E-state index in [0.29, 0.717) is 16.1 Å². The summed E-state index contributed by atoms with van der Waals surface area (Å²) in [6.07, 6.45) is 0. The van der Waals surface area contributed by atoms with Gasteiger partial charge in [0.2, 0.25) is 5.91 Å². The molecule has 2 heterocycles. The number of thioether (sulfide) groups is 1. The average Bonchev–Trinajstić information content (AvgIpc) is 3.16. The van der Waals surface area contributed by atoms with Crippen LogP contribution >= 0.6 is 23.1 Å². The number of oxazole rings is 1. The highest BCUT2D eigenvalue weighted by Gasteiger charge is 2.19. The highest BCUT2D eigenvalue weighted by molar-refractivity contribution is 7.98. The predicted molar refractivity (Wildman–Crippen MR) is 106 cm³/mol. The van der Waals surface area contributed by atoms with E-state index in [1.54, 1.807) is 11.8 Å². The molecule has 1 amide bonds. The Labute approximate surface area is 161 Å². The maximum Gasteiger partial charge on any atom is 0.256 e. The minimum absolute atomic E-state index is 0.0549. The molecule has 0 aliphatic carbocycles. The van der Waals surface area contributed by atoms with Gasteiger partial charge in [0.1, 0.15) is 5.76 Å². The second kappa shape index (κ2) is 7.63. The number of anilines is 2. The van der Waals surface area contributed by atoms with Gasteiger partial charge in [-0.05, 0) is 51.0 Å². The number of hydrogen-bond acceptors (Lipinski definition) is 6. The molecule has 0 unspecified atom stereocenters. The zero-order valence-corrected chi connectivity index (χ0v) is 17.1. The highest BCUT2D eigenvalue weighted by atomic mass is 32.2. The van der Waals surface area contributed by atoms with E-state index in [1.165, 1.54) is 28.7 Å². The monoisotopic (exact) mass is 387 g/mol. The van der Waals surface area contributed by atoms with Crippen molar-refractivity contribution in [3.05, 3.63) is 51.9 Å². The molecule has 0 spiro atoms. The lowest BCUT2D eigenvalue weighted by Gasteiger charge is -2.19. The number of hydrogen-bond donors (Lipinski definition) is 0. The first kappa shape index (κ1) is 18.7. The Hall–Kier alpha value is -2.12. The summed E-state index contributed by atoms with van der Waals surface area (Å²) in [5, 5.41) is 3.30. The molecule has 0 aliphatic rings. The van der Waals surface area contributed by atoms with Gasteiger partial charge in [-0.15, -0.1) is 11.3 Å². The van der Waals surface area contributed by atoms with Gasteiger partial charge in [-0.3, -0.25) is 9.69 Å². The molecule has 0 radical (unpaired) electrons. The number of carbonyl (C=O) groups excluding carboxylic acids is 1. The van der Waals surface area contributed by atoms with Crippen molar-refractivity contribution in [3.63, 3.8) is 0 Å². The van der Waals surface area contributed by atoms with Gasteiger partial charge in [0.15, 0.2) is 5.13 Å². The van der Waals surface area contributed by atoms with Crippen molar-refractivity contribution in [1.29, 1.82) is 0 Å². The Morgan fingerprint density at radius 1 is 1.19 bits per heavy atom. The van der Waals surface area contributed by atoms with Crippen molar-refractivity contribution in [1.82, 2.24) is 9.97 Å². The SMILES string of the molecule is CC(=O)N(c1ccc(C)c(C)c1)c1nc(CSc2nc(C)c(C)o2)cs1. The molecule has 26 heavy (non-hydrogen) atoms. The smallest absolute Gasteiger partial charge is 0.256 e. The molecule has 0 aliphatic heterocycles. The fraction of sp³-hybridized carbons (Fsp3) is 0.316. The van der Waals surface area contributed by atoms with E-state index >= 15 is 0 Å². The molecule has 1 aromatic carbocycles. The van der Waals surface area contributed by atoms with Gasteiger partial charge in [0.05, 0.1) is 17.1 Å². The van der Waals surface area contributed by atoms with Crippen LogP contribution in [0, 0.1) is 27.7 Å². The number of carbonyl (C=O) groups is 1. The summed E-state index contributed by atoms with van der Waals surface area (Å²) in [5.74, 6) is 1.43. The van der Waals surface area contributed by atoms with Crippen LogP contribution < -0.4 is 4.90 Å². The van der Waals surface area contributed by atoms with Crippen LogP contribution in [0.15, 0.2) is 33.2 Å². The number of amides is 1. The summed E-state index contributed by atoms with van der Waals surface area (Å²) >= 11 is 2.97. The first-order valence-electron chi connectivity index (χ1n) is 8.24. The second-order valence-electron chi connectivity index (χ2n) is 6.15. The first-order valence-corrected chi connectivity index (χ1v) is 10.1. The van der Waals surface area contributed by atoms with Gasteiger partial charge in [0, 0.05) is 18.1 Å². The van der Waals surface area contributed by atoms with Crippen molar-refractivity contribution in [2.24, 2.45) is 0 Å². The van der Waals surface area contributed by atoms with Gasteiger partial charge >= 0.3 is 0 Å². The largest absolute Gasteiger partial charge is 0.437 e. The maximum absolute atomic E-state index is 12.2. The fourth-order valence-electron chi connectivity index (χ4n) is 2.40. The molecule has 0 atom stereocenters. The zero-order chi connectivity index (χ0) is 18.8. The van der Waals surface area contributed by atoms with Crippen LogP contribution in [-0.4, -0.2) is 15.9 Å². The van der Waals surface area contributed by atoms with Crippen molar-refractivity contribution in [3.8, 4) is 0 Å². The van der Waals surface area contributed by atoms with Crippen LogP contribution in [0.1, 0.15) is 35.2 Å².